The number of thioether (sulfide) groups is 1. The standard InChI is InChI=1S/C13H18N2O2S/c1-10(18-12-4-2-3-6-14-12)13(17)15-7-5-11(8-15)9-16/h2-4,6,10-11,16H,5,7-9H2,1H3. The number of hydrogen-bond donors (Lipinski definition) is 1. The third kappa shape index (κ3) is 3.23. The van der Waals surface area contributed by atoms with Crippen molar-refractivity contribution < 1.29 is 9.90 Å². The van der Waals surface area contributed by atoms with Gasteiger partial charge in [0.2, 0.25) is 5.91 Å². The van der Waals surface area contributed by atoms with Crippen LogP contribution in [0.2, 0.25) is 0 Å². The van der Waals surface area contributed by atoms with Gasteiger partial charge in [0, 0.05) is 31.8 Å². The zero-order valence-corrected chi connectivity index (χ0v) is 11.3. The Bertz CT molecular complexity index is 399. The predicted molar refractivity (Wildman–Crippen MR) is 71.3 cm³/mol. The molecule has 2 unspecified atom stereocenters. The summed E-state index contributed by atoms with van der Waals surface area (Å²) in [5, 5.41) is 9.83. The summed E-state index contributed by atoms with van der Waals surface area (Å²) >= 11 is 1.48. The number of rotatable bonds is 4. The van der Waals surface area contributed by atoms with E-state index >= 15 is 0 Å². The van der Waals surface area contributed by atoms with Crippen LogP contribution in [-0.4, -0.2) is 45.8 Å². The van der Waals surface area contributed by atoms with Crippen molar-refractivity contribution in [3.05, 3.63) is 24.4 Å². The van der Waals surface area contributed by atoms with Crippen LogP contribution in [0.3, 0.4) is 0 Å². The number of hydrogen-bond acceptors (Lipinski definition) is 4. The lowest BCUT2D eigenvalue weighted by Gasteiger charge is -2.20. The second kappa shape index (κ2) is 6.20. The van der Waals surface area contributed by atoms with E-state index in [0.717, 1.165) is 18.0 Å². The molecule has 0 bridgehead atoms. The first-order valence-electron chi connectivity index (χ1n) is 6.18. The highest BCUT2D eigenvalue weighted by Gasteiger charge is 2.29. The van der Waals surface area contributed by atoms with Crippen molar-refractivity contribution in [2.75, 3.05) is 19.7 Å². The second-order valence-electron chi connectivity index (χ2n) is 4.55. The Morgan fingerprint density at radius 2 is 2.50 bits per heavy atom. The highest BCUT2D eigenvalue weighted by atomic mass is 32.2. The number of carbonyl (C=O) groups is 1. The van der Waals surface area contributed by atoms with Crippen LogP contribution in [0.5, 0.6) is 0 Å². The second-order valence-corrected chi connectivity index (χ2v) is 5.91. The van der Waals surface area contributed by atoms with Crippen LogP contribution in [0.25, 0.3) is 0 Å². The maximum atomic E-state index is 12.2. The molecule has 1 aromatic rings. The highest BCUT2D eigenvalue weighted by molar-refractivity contribution is 8.00. The van der Waals surface area contributed by atoms with Gasteiger partial charge in [0.1, 0.15) is 0 Å². The van der Waals surface area contributed by atoms with Gasteiger partial charge in [-0.2, -0.15) is 0 Å². The maximum absolute atomic E-state index is 12.2. The first-order chi connectivity index (χ1) is 8.70. The minimum Gasteiger partial charge on any atom is -0.396 e. The third-order valence-corrected chi connectivity index (χ3v) is 4.18. The van der Waals surface area contributed by atoms with Gasteiger partial charge in [0.05, 0.1) is 10.3 Å². The lowest BCUT2D eigenvalue weighted by molar-refractivity contribution is -0.129. The van der Waals surface area contributed by atoms with E-state index in [0.29, 0.717) is 6.54 Å². The van der Waals surface area contributed by atoms with Crippen molar-refractivity contribution in [1.29, 1.82) is 0 Å². The van der Waals surface area contributed by atoms with E-state index in [1.807, 2.05) is 30.0 Å². The van der Waals surface area contributed by atoms with Gasteiger partial charge in [-0.05, 0) is 25.5 Å². The lowest BCUT2D eigenvalue weighted by Crippen LogP contribution is -2.35. The molecule has 2 heterocycles. The van der Waals surface area contributed by atoms with Gasteiger partial charge >= 0.3 is 0 Å². The molecule has 2 atom stereocenters. The van der Waals surface area contributed by atoms with E-state index in [-0.39, 0.29) is 23.7 Å². The Morgan fingerprint density at radius 3 is 3.11 bits per heavy atom. The fraction of sp³-hybridized carbons (Fsp3) is 0.538. The Kier molecular flexibility index (Phi) is 4.60. The zero-order chi connectivity index (χ0) is 13.0. The number of aromatic nitrogens is 1. The molecule has 0 spiro atoms. The number of aliphatic hydroxyl groups is 1. The summed E-state index contributed by atoms with van der Waals surface area (Å²) in [4.78, 5) is 18.3. The SMILES string of the molecule is CC(Sc1ccccn1)C(=O)N1CCC(CO)C1. The van der Waals surface area contributed by atoms with Crippen molar-refractivity contribution in [2.24, 2.45) is 5.92 Å². The molecule has 1 N–H and O–H groups in total. The summed E-state index contributed by atoms with van der Waals surface area (Å²) < 4.78 is 0. The molecule has 2 rings (SSSR count). The summed E-state index contributed by atoms with van der Waals surface area (Å²) in [6.07, 6.45) is 2.64. The number of likely N-dealkylation sites (tertiary alicyclic amines) is 1. The molecule has 1 aliphatic rings. The molecule has 5 heteroatoms. The quantitative estimate of drug-likeness (QED) is 0.837. The van der Waals surface area contributed by atoms with E-state index in [4.69, 9.17) is 5.11 Å². The van der Waals surface area contributed by atoms with Gasteiger partial charge in [-0.15, -0.1) is 0 Å². The van der Waals surface area contributed by atoms with Crippen LogP contribution in [0.4, 0.5) is 0 Å². The Balaban J connectivity index is 1.89. The molecule has 1 aliphatic heterocycles. The summed E-state index contributed by atoms with van der Waals surface area (Å²) in [7, 11) is 0. The summed E-state index contributed by atoms with van der Waals surface area (Å²) in [5.74, 6) is 0.391. The van der Waals surface area contributed by atoms with Gasteiger partial charge in [0.15, 0.2) is 0 Å². The minimum atomic E-state index is -0.127. The molecular weight excluding hydrogens is 248 g/mol. The fourth-order valence-corrected chi connectivity index (χ4v) is 2.98. The molecule has 0 aliphatic carbocycles. The molecular formula is C13H18N2O2S. The van der Waals surface area contributed by atoms with Gasteiger partial charge in [-0.1, -0.05) is 17.8 Å². The maximum Gasteiger partial charge on any atom is 0.235 e. The Morgan fingerprint density at radius 1 is 1.67 bits per heavy atom. The average molecular weight is 266 g/mol. The molecule has 1 fully saturated rings. The minimum absolute atomic E-state index is 0.127. The normalized spacial score (nSPS) is 21.0. The number of amides is 1. The van der Waals surface area contributed by atoms with Crippen molar-refractivity contribution >= 4 is 17.7 Å². The van der Waals surface area contributed by atoms with Crippen molar-refractivity contribution in [3.63, 3.8) is 0 Å². The van der Waals surface area contributed by atoms with Gasteiger partial charge in [-0.25, -0.2) is 4.98 Å². The van der Waals surface area contributed by atoms with Crippen molar-refractivity contribution in [3.8, 4) is 0 Å². The summed E-state index contributed by atoms with van der Waals surface area (Å²) in [6.45, 7) is 3.53. The molecule has 0 aromatic carbocycles. The van der Waals surface area contributed by atoms with E-state index in [2.05, 4.69) is 4.98 Å². The topological polar surface area (TPSA) is 53.4 Å². The fourth-order valence-electron chi connectivity index (χ4n) is 2.09. The number of carbonyl (C=O) groups excluding carboxylic acids is 1. The predicted octanol–water partition coefficient (Wildman–Crippen LogP) is 1.40. The van der Waals surface area contributed by atoms with Crippen LogP contribution in [0.15, 0.2) is 29.4 Å². The van der Waals surface area contributed by atoms with Gasteiger partial charge in [0.25, 0.3) is 0 Å². The number of aliphatic hydroxyl groups excluding tert-OH is 1. The molecule has 1 saturated heterocycles. The first kappa shape index (κ1) is 13.4. The first-order valence-corrected chi connectivity index (χ1v) is 7.06. The highest BCUT2D eigenvalue weighted by Crippen LogP contribution is 2.24. The summed E-state index contributed by atoms with van der Waals surface area (Å²) in [6, 6.07) is 5.70. The number of nitrogens with zero attached hydrogens (tertiary/aromatic N) is 2. The van der Waals surface area contributed by atoms with Crippen LogP contribution in [0, 0.1) is 5.92 Å². The van der Waals surface area contributed by atoms with Crippen LogP contribution < -0.4 is 0 Å². The van der Waals surface area contributed by atoms with E-state index < -0.39 is 0 Å². The van der Waals surface area contributed by atoms with Crippen LogP contribution >= 0.6 is 11.8 Å². The largest absolute Gasteiger partial charge is 0.396 e. The van der Waals surface area contributed by atoms with Crippen LogP contribution in [0.1, 0.15) is 13.3 Å². The average Bonchev–Trinajstić information content (AvgIpc) is 2.87. The molecule has 18 heavy (non-hydrogen) atoms. The van der Waals surface area contributed by atoms with E-state index in [1.54, 1.807) is 6.20 Å². The monoisotopic (exact) mass is 266 g/mol. The molecule has 4 nitrogen and oxygen atoms in total. The lowest BCUT2D eigenvalue weighted by atomic mass is 10.1. The van der Waals surface area contributed by atoms with Crippen LogP contribution in [-0.2, 0) is 4.79 Å². The van der Waals surface area contributed by atoms with Gasteiger partial charge in [-0.3, -0.25) is 4.79 Å². The van der Waals surface area contributed by atoms with E-state index in [1.165, 1.54) is 11.8 Å². The molecule has 98 valence electrons. The zero-order valence-electron chi connectivity index (χ0n) is 10.5. The third-order valence-electron chi connectivity index (χ3n) is 3.14. The molecule has 0 saturated carbocycles. The Hall–Kier alpha value is -1.07. The van der Waals surface area contributed by atoms with Crippen molar-refractivity contribution in [2.45, 2.75) is 23.6 Å². The van der Waals surface area contributed by atoms with Gasteiger partial charge < -0.3 is 10.0 Å². The Labute approximate surface area is 111 Å². The van der Waals surface area contributed by atoms with Crippen molar-refractivity contribution in [1.82, 2.24) is 9.88 Å². The smallest absolute Gasteiger partial charge is 0.235 e. The summed E-state index contributed by atoms with van der Waals surface area (Å²) in [5.41, 5.74) is 0. The molecule has 1 amide bonds. The molecule has 0 radical (unpaired) electrons. The molecule has 1 aromatic heterocycles. The number of pyridine rings is 1. The van der Waals surface area contributed by atoms with E-state index in [9.17, 15) is 4.79 Å².